The molecule has 0 aliphatic carbocycles. The maximum atomic E-state index is 12.0. The molecule has 5 heteroatoms. The van der Waals surface area contributed by atoms with Crippen LogP contribution < -0.4 is 15.0 Å². The lowest BCUT2D eigenvalue weighted by Crippen LogP contribution is -2.23. The molecule has 1 aliphatic rings. The minimum atomic E-state index is 0.216. The molecule has 1 heterocycles. The Balaban J connectivity index is 1.39. The van der Waals surface area contributed by atoms with Crippen LogP contribution >= 0.6 is 11.6 Å². The fraction of sp³-hybridized carbons (Fsp3) is 0.208. The molecule has 0 bridgehead atoms. The quantitative estimate of drug-likeness (QED) is 0.530. The van der Waals surface area contributed by atoms with Gasteiger partial charge >= 0.3 is 0 Å². The summed E-state index contributed by atoms with van der Waals surface area (Å²) in [6.45, 7) is 1.58. The number of anilines is 2. The maximum Gasteiger partial charge on any atom is 0.227 e. The van der Waals surface area contributed by atoms with E-state index in [-0.39, 0.29) is 5.91 Å². The number of nitrogens with one attached hydrogen (secondary N) is 1. The fourth-order valence-electron chi connectivity index (χ4n) is 3.47. The molecule has 0 atom stereocenters. The van der Waals surface area contributed by atoms with Crippen molar-refractivity contribution in [2.24, 2.45) is 0 Å². The van der Waals surface area contributed by atoms with Crippen molar-refractivity contribution in [3.05, 3.63) is 83.4 Å². The van der Waals surface area contributed by atoms with Gasteiger partial charge in [-0.25, -0.2) is 0 Å². The molecule has 0 spiro atoms. The van der Waals surface area contributed by atoms with Gasteiger partial charge in [-0.15, -0.1) is 0 Å². The number of carbonyl (C=O) groups is 1. The van der Waals surface area contributed by atoms with Crippen LogP contribution in [0.5, 0.6) is 11.5 Å². The van der Waals surface area contributed by atoms with E-state index in [0.29, 0.717) is 11.4 Å². The number of hydrogen-bond donors (Lipinski definition) is 1. The zero-order chi connectivity index (χ0) is 20.1. The molecule has 0 aromatic heterocycles. The van der Waals surface area contributed by atoms with E-state index in [9.17, 15) is 4.79 Å². The second kappa shape index (κ2) is 9.01. The third kappa shape index (κ3) is 4.90. The normalized spacial score (nSPS) is 13.6. The highest BCUT2D eigenvalue weighted by molar-refractivity contribution is 6.30. The number of para-hydroxylation sites is 2. The lowest BCUT2D eigenvalue weighted by molar-refractivity contribution is -0.117. The molecule has 0 unspecified atom stereocenters. The van der Waals surface area contributed by atoms with E-state index in [1.165, 1.54) is 5.56 Å². The maximum absolute atomic E-state index is 12.0. The van der Waals surface area contributed by atoms with Crippen molar-refractivity contribution in [2.45, 2.75) is 19.3 Å². The van der Waals surface area contributed by atoms with E-state index >= 15 is 0 Å². The first-order valence-corrected chi connectivity index (χ1v) is 10.2. The summed E-state index contributed by atoms with van der Waals surface area (Å²) in [5, 5.41) is 4.14. The summed E-state index contributed by atoms with van der Waals surface area (Å²) in [6.07, 6.45) is 2.44. The van der Waals surface area contributed by atoms with Gasteiger partial charge in [0, 0.05) is 30.2 Å². The van der Waals surface area contributed by atoms with E-state index in [2.05, 4.69) is 17.4 Å². The predicted molar refractivity (Wildman–Crippen MR) is 118 cm³/mol. The van der Waals surface area contributed by atoms with Crippen LogP contribution in [0.3, 0.4) is 0 Å². The van der Waals surface area contributed by atoms with Crippen molar-refractivity contribution in [3.63, 3.8) is 0 Å². The van der Waals surface area contributed by atoms with E-state index in [0.717, 1.165) is 48.8 Å². The summed E-state index contributed by atoms with van der Waals surface area (Å²) in [4.78, 5) is 13.9. The van der Waals surface area contributed by atoms with Gasteiger partial charge in [0.1, 0.15) is 5.75 Å². The van der Waals surface area contributed by atoms with E-state index < -0.39 is 0 Å². The van der Waals surface area contributed by atoms with Crippen molar-refractivity contribution < 1.29 is 9.53 Å². The van der Waals surface area contributed by atoms with Crippen molar-refractivity contribution in [2.75, 3.05) is 23.3 Å². The Kier molecular flexibility index (Phi) is 6.01. The second-order valence-electron chi connectivity index (χ2n) is 7.05. The zero-order valence-electron chi connectivity index (χ0n) is 16.1. The van der Waals surface area contributed by atoms with Crippen molar-refractivity contribution in [1.29, 1.82) is 0 Å². The Bertz CT molecular complexity index is 988. The molecule has 4 nitrogen and oxygen atoms in total. The van der Waals surface area contributed by atoms with Crippen LogP contribution in [0.15, 0.2) is 72.8 Å². The highest BCUT2D eigenvalue weighted by Crippen LogP contribution is 2.30. The third-order valence-corrected chi connectivity index (χ3v) is 5.21. The second-order valence-corrected chi connectivity index (χ2v) is 7.48. The van der Waals surface area contributed by atoms with Crippen LogP contribution in [-0.4, -0.2) is 19.0 Å². The first-order chi connectivity index (χ1) is 14.2. The lowest BCUT2D eigenvalue weighted by Gasteiger charge is -2.17. The number of nitrogens with zero attached hydrogens (tertiary/aromatic N) is 1. The van der Waals surface area contributed by atoms with E-state index in [1.807, 2.05) is 65.6 Å². The summed E-state index contributed by atoms with van der Waals surface area (Å²) in [6, 6.07) is 23.4. The van der Waals surface area contributed by atoms with Crippen molar-refractivity contribution in [1.82, 2.24) is 0 Å². The molecule has 0 saturated carbocycles. The highest BCUT2D eigenvalue weighted by atomic mass is 35.5. The number of rotatable bonds is 7. The summed E-state index contributed by atoms with van der Waals surface area (Å²) >= 11 is 5.94. The molecule has 1 aliphatic heterocycles. The molecular formula is C24H23ClN2O2. The lowest BCUT2D eigenvalue weighted by atomic mass is 10.1. The first-order valence-electron chi connectivity index (χ1n) is 9.85. The number of halogens is 1. The molecular weight excluding hydrogens is 384 g/mol. The van der Waals surface area contributed by atoms with Crippen LogP contribution in [-0.2, 0) is 11.2 Å². The number of amides is 1. The molecule has 148 valence electrons. The average Bonchev–Trinajstić information content (AvgIpc) is 3.17. The standard InChI is InChI=1S/C24H23ClN2O2/c25-19-10-12-21(13-11-19)29-23-8-2-1-7-22(23)26-15-14-18-5-3-6-20(17-18)27-16-4-9-24(27)28/h1-3,5-8,10-13,17,26H,4,9,14-16H2. The van der Waals surface area contributed by atoms with Gasteiger partial charge in [0.05, 0.1) is 5.69 Å². The Hall–Kier alpha value is -2.98. The number of benzene rings is 3. The monoisotopic (exact) mass is 406 g/mol. The topological polar surface area (TPSA) is 41.6 Å². The molecule has 1 saturated heterocycles. The van der Waals surface area contributed by atoms with E-state index in [1.54, 1.807) is 0 Å². The Morgan fingerprint density at radius 3 is 2.62 bits per heavy atom. The SMILES string of the molecule is O=C1CCCN1c1cccc(CCNc2ccccc2Oc2ccc(Cl)cc2)c1. The van der Waals surface area contributed by atoms with Crippen LogP contribution in [0.4, 0.5) is 11.4 Å². The highest BCUT2D eigenvalue weighted by Gasteiger charge is 2.21. The molecule has 1 fully saturated rings. The van der Waals surface area contributed by atoms with Crippen LogP contribution in [0, 0.1) is 0 Å². The van der Waals surface area contributed by atoms with Crippen LogP contribution in [0.1, 0.15) is 18.4 Å². The minimum absolute atomic E-state index is 0.216. The first kappa shape index (κ1) is 19.3. The van der Waals surface area contributed by atoms with Gasteiger partial charge in [-0.3, -0.25) is 4.79 Å². The Morgan fingerprint density at radius 1 is 1.00 bits per heavy atom. The average molecular weight is 407 g/mol. The molecule has 3 aromatic carbocycles. The molecule has 0 radical (unpaired) electrons. The molecule has 4 rings (SSSR count). The van der Waals surface area contributed by atoms with E-state index in [4.69, 9.17) is 16.3 Å². The van der Waals surface area contributed by atoms with Gasteiger partial charge in [0.25, 0.3) is 0 Å². The number of ether oxygens (including phenoxy) is 1. The Labute approximate surface area is 176 Å². The van der Waals surface area contributed by atoms with Gasteiger partial charge in [-0.1, -0.05) is 35.9 Å². The van der Waals surface area contributed by atoms with Gasteiger partial charge in [0.15, 0.2) is 5.75 Å². The summed E-state index contributed by atoms with van der Waals surface area (Å²) in [5.74, 6) is 1.73. The zero-order valence-corrected chi connectivity index (χ0v) is 16.9. The van der Waals surface area contributed by atoms with Crippen molar-refractivity contribution in [3.8, 4) is 11.5 Å². The summed E-state index contributed by atoms with van der Waals surface area (Å²) in [5.41, 5.74) is 3.13. The molecule has 29 heavy (non-hydrogen) atoms. The molecule has 1 amide bonds. The minimum Gasteiger partial charge on any atom is -0.455 e. The fourth-order valence-corrected chi connectivity index (χ4v) is 3.60. The summed E-state index contributed by atoms with van der Waals surface area (Å²) in [7, 11) is 0. The Morgan fingerprint density at radius 2 is 1.83 bits per heavy atom. The smallest absolute Gasteiger partial charge is 0.227 e. The molecule has 1 N–H and O–H groups in total. The largest absolute Gasteiger partial charge is 0.455 e. The van der Waals surface area contributed by atoms with Crippen molar-refractivity contribution >= 4 is 28.9 Å². The number of carbonyl (C=O) groups excluding carboxylic acids is 1. The summed E-state index contributed by atoms with van der Waals surface area (Å²) < 4.78 is 6.00. The van der Waals surface area contributed by atoms with Gasteiger partial charge in [0.2, 0.25) is 5.91 Å². The third-order valence-electron chi connectivity index (χ3n) is 4.95. The van der Waals surface area contributed by atoms with Crippen LogP contribution in [0.2, 0.25) is 5.02 Å². The van der Waals surface area contributed by atoms with Gasteiger partial charge in [-0.05, 0) is 66.9 Å². The van der Waals surface area contributed by atoms with Gasteiger partial charge < -0.3 is 15.0 Å². The van der Waals surface area contributed by atoms with Gasteiger partial charge in [-0.2, -0.15) is 0 Å². The number of hydrogen-bond acceptors (Lipinski definition) is 3. The van der Waals surface area contributed by atoms with Crippen LogP contribution in [0.25, 0.3) is 0 Å². The predicted octanol–water partition coefficient (Wildman–Crippen LogP) is 5.91. The molecule has 3 aromatic rings.